The molecule has 0 radical (unpaired) electrons. The second-order valence-electron chi connectivity index (χ2n) is 3.10. The van der Waals surface area contributed by atoms with E-state index >= 15 is 0 Å². The first-order valence-electron chi connectivity index (χ1n) is 4.46. The summed E-state index contributed by atoms with van der Waals surface area (Å²) in [5, 5.41) is 7.74. The van der Waals surface area contributed by atoms with Crippen molar-refractivity contribution in [1.82, 2.24) is 15.0 Å². The number of hydrogen-bond donors (Lipinski definition) is 1. The van der Waals surface area contributed by atoms with Crippen molar-refractivity contribution < 1.29 is 0 Å². The number of nitrogens with two attached hydrogens (primary N) is 1. The van der Waals surface area contributed by atoms with Crippen LogP contribution >= 0.6 is 0 Å². The molecule has 0 atom stereocenters. The number of benzene rings is 1. The summed E-state index contributed by atoms with van der Waals surface area (Å²) in [6.45, 7) is 0.529. The van der Waals surface area contributed by atoms with Gasteiger partial charge in [0.2, 0.25) is 0 Å². The second-order valence-corrected chi connectivity index (χ2v) is 3.10. The fourth-order valence-corrected chi connectivity index (χ4v) is 1.48. The standard InChI is InChI=1S/C10H12N4/c1-14-10(7-12-13-14)9-5-3-2-4-8(9)6-11/h2-5,7H,6,11H2,1H3. The Hall–Kier alpha value is -1.68. The number of rotatable bonds is 2. The quantitative estimate of drug-likeness (QED) is 0.763. The molecular weight excluding hydrogens is 176 g/mol. The summed E-state index contributed by atoms with van der Waals surface area (Å²) in [6.07, 6.45) is 1.74. The fraction of sp³-hybridized carbons (Fsp3) is 0.200. The van der Waals surface area contributed by atoms with E-state index in [1.54, 1.807) is 10.9 Å². The molecule has 0 amide bonds. The summed E-state index contributed by atoms with van der Waals surface area (Å²) in [6, 6.07) is 8.01. The molecule has 0 unspecified atom stereocenters. The summed E-state index contributed by atoms with van der Waals surface area (Å²) in [7, 11) is 1.87. The minimum Gasteiger partial charge on any atom is -0.326 e. The van der Waals surface area contributed by atoms with Crippen LogP contribution in [0.5, 0.6) is 0 Å². The molecule has 4 heteroatoms. The van der Waals surface area contributed by atoms with Gasteiger partial charge in [0.15, 0.2) is 0 Å². The van der Waals surface area contributed by atoms with E-state index in [0.717, 1.165) is 16.8 Å². The van der Waals surface area contributed by atoms with Gasteiger partial charge in [-0.3, -0.25) is 0 Å². The lowest BCUT2D eigenvalue weighted by Crippen LogP contribution is -2.01. The van der Waals surface area contributed by atoms with Gasteiger partial charge in [-0.1, -0.05) is 29.5 Å². The molecule has 2 rings (SSSR count). The first kappa shape index (κ1) is 8.90. The molecule has 0 aliphatic heterocycles. The van der Waals surface area contributed by atoms with Gasteiger partial charge in [-0.2, -0.15) is 0 Å². The number of aromatic nitrogens is 3. The van der Waals surface area contributed by atoms with Crippen LogP contribution in [-0.2, 0) is 13.6 Å². The van der Waals surface area contributed by atoms with E-state index in [0.29, 0.717) is 6.54 Å². The Labute approximate surface area is 82.4 Å². The SMILES string of the molecule is Cn1nncc1-c1ccccc1CN. The van der Waals surface area contributed by atoms with Gasteiger partial charge in [0.05, 0.1) is 11.9 Å². The van der Waals surface area contributed by atoms with Gasteiger partial charge in [-0.15, -0.1) is 5.10 Å². The van der Waals surface area contributed by atoms with E-state index in [1.807, 2.05) is 31.3 Å². The molecule has 0 saturated heterocycles. The van der Waals surface area contributed by atoms with Crippen molar-refractivity contribution in [3.05, 3.63) is 36.0 Å². The Bertz CT molecular complexity index is 433. The predicted octanol–water partition coefficient (Wildman–Crippen LogP) is 0.941. The van der Waals surface area contributed by atoms with E-state index in [-0.39, 0.29) is 0 Å². The lowest BCUT2D eigenvalue weighted by atomic mass is 10.1. The number of hydrogen-bond acceptors (Lipinski definition) is 3. The van der Waals surface area contributed by atoms with Crippen molar-refractivity contribution in [2.45, 2.75) is 6.54 Å². The Balaban J connectivity index is 2.56. The molecule has 0 fully saturated rings. The molecule has 0 bridgehead atoms. The third kappa shape index (κ3) is 1.40. The first-order chi connectivity index (χ1) is 6.83. The summed E-state index contributed by atoms with van der Waals surface area (Å²) in [4.78, 5) is 0. The number of aryl methyl sites for hydroxylation is 1. The molecule has 72 valence electrons. The molecule has 1 aromatic heterocycles. The van der Waals surface area contributed by atoms with Gasteiger partial charge < -0.3 is 5.73 Å². The molecule has 14 heavy (non-hydrogen) atoms. The van der Waals surface area contributed by atoms with Crippen molar-refractivity contribution in [3.63, 3.8) is 0 Å². The van der Waals surface area contributed by atoms with Crippen LogP contribution < -0.4 is 5.73 Å². The topological polar surface area (TPSA) is 56.7 Å². The van der Waals surface area contributed by atoms with Crippen LogP contribution in [0.1, 0.15) is 5.56 Å². The highest BCUT2D eigenvalue weighted by atomic mass is 15.4. The first-order valence-corrected chi connectivity index (χ1v) is 4.46. The summed E-state index contributed by atoms with van der Waals surface area (Å²) in [5.74, 6) is 0. The van der Waals surface area contributed by atoms with Crippen LogP contribution in [0.3, 0.4) is 0 Å². The fourth-order valence-electron chi connectivity index (χ4n) is 1.48. The Morgan fingerprint density at radius 2 is 2.14 bits per heavy atom. The van der Waals surface area contributed by atoms with Crippen LogP contribution in [0, 0.1) is 0 Å². The molecular formula is C10H12N4. The Kier molecular flexibility index (Phi) is 2.28. The molecule has 2 aromatic rings. The maximum absolute atomic E-state index is 5.66. The van der Waals surface area contributed by atoms with Crippen molar-refractivity contribution in [3.8, 4) is 11.3 Å². The van der Waals surface area contributed by atoms with Crippen LogP contribution in [0.25, 0.3) is 11.3 Å². The lowest BCUT2D eigenvalue weighted by Gasteiger charge is -2.06. The summed E-state index contributed by atoms with van der Waals surface area (Å²) < 4.78 is 1.74. The molecule has 0 saturated carbocycles. The lowest BCUT2D eigenvalue weighted by molar-refractivity contribution is 0.720. The van der Waals surface area contributed by atoms with E-state index in [1.165, 1.54) is 0 Å². The van der Waals surface area contributed by atoms with E-state index in [4.69, 9.17) is 5.73 Å². The monoisotopic (exact) mass is 188 g/mol. The van der Waals surface area contributed by atoms with Crippen molar-refractivity contribution in [2.75, 3.05) is 0 Å². The van der Waals surface area contributed by atoms with Crippen molar-refractivity contribution in [2.24, 2.45) is 12.8 Å². The Morgan fingerprint density at radius 1 is 1.36 bits per heavy atom. The molecule has 1 heterocycles. The maximum Gasteiger partial charge on any atom is 0.0885 e. The zero-order valence-corrected chi connectivity index (χ0v) is 8.01. The van der Waals surface area contributed by atoms with Gasteiger partial charge in [0, 0.05) is 19.2 Å². The zero-order chi connectivity index (χ0) is 9.97. The number of nitrogens with zero attached hydrogens (tertiary/aromatic N) is 3. The van der Waals surface area contributed by atoms with Gasteiger partial charge in [-0.05, 0) is 5.56 Å². The van der Waals surface area contributed by atoms with Gasteiger partial charge in [0.25, 0.3) is 0 Å². The van der Waals surface area contributed by atoms with Crippen molar-refractivity contribution in [1.29, 1.82) is 0 Å². The van der Waals surface area contributed by atoms with E-state index in [2.05, 4.69) is 10.3 Å². The largest absolute Gasteiger partial charge is 0.326 e. The highest BCUT2D eigenvalue weighted by Crippen LogP contribution is 2.21. The average Bonchev–Trinajstić information content (AvgIpc) is 2.64. The molecule has 0 aliphatic rings. The van der Waals surface area contributed by atoms with E-state index < -0.39 is 0 Å². The van der Waals surface area contributed by atoms with Crippen LogP contribution in [0.2, 0.25) is 0 Å². The van der Waals surface area contributed by atoms with Crippen LogP contribution in [-0.4, -0.2) is 15.0 Å². The normalized spacial score (nSPS) is 10.4. The summed E-state index contributed by atoms with van der Waals surface area (Å²) >= 11 is 0. The third-order valence-electron chi connectivity index (χ3n) is 2.23. The molecule has 0 spiro atoms. The predicted molar refractivity (Wildman–Crippen MR) is 54.3 cm³/mol. The third-order valence-corrected chi connectivity index (χ3v) is 2.23. The average molecular weight is 188 g/mol. The second kappa shape index (κ2) is 3.59. The summed E-state index contributed by atoms with van der Waals surface area (Å²) in [5.41, 5.74) is 8.86. The molecule has 0 aliphatic carbocycles. The minimum atomic E-state index is 0.529. The Morgan fingerprint density at radius 3 is 2.79 bits per heavy atom. The minimum absolute atomic E-state index is 0.529. The smallest absolute Gasteiger partial charge is 0.0885 e. The zero-order valence-electron chi connectivity index (χ0n) is 8.01. The van der Waals surface area contributed by atoms with Gasteiger partial charge >= 0.3 is 0 Å². The highest BCUT2D eigenvalue weighted by Gasteiger charge is 2.06. The van der Waals surface area contributed by atoms with Crippen molar-refractivity contribution >= 4 is 0 Å². The maximum atomic E-state index is 5.66. The van der Waals surface area contributed by atoms with Gasteiger partial charge in [0.1, 0.15) is 0 Å². The molecule has 2 N–H and O–H groups in total. The molecule has 1 aromatic carbocycles. The van der Waals surface area contributed by atoms with Gasteiger partial charge in [-0.25, -0.2) is 4.68 Å². The van der Waals surface area contributed by atoms with Crippen LogP contribution in [0.4, 0.5) is 0 Å². The van der Waals surface area contributed by atoms with Crippen LogP contribution in [0.15, 0.2) is 30.5 Å². The molecule has 4 nitrogen and oxygen atoms in total. The highest BCUT2D eigenvalue weighted by molar-refractivity contribution is 5.62. The van der Waals surface area contributed by atoms with E-state index in [9.17, 15) is 0 Å².